The van der Waals surface area contributed by atoms with Crippen LogP contribution in [0.5, 0.6) is 0 Å². The first-order valence-corrected chi connectivity index (χ1v) is 11.1. The summed E-state index contributed by atoms with van der Waals surface area (Å²) in [6.45, 7) is 12.3. The van der Waals surface area contributed by atoms with Gasteiger partial charge in [-0.25, -0.2) is 0 Å². The Kier molecular flexibility index (Phi) is 6.42. The van der Waals surface area contributed by atoms with Crippen LogP contribution in [0.15, 0.2) is 12.2 Å². The Balaban J connectivity index is 1.79. The molecule has 0 aromatic rings. The number of aliphatic hydroxyl groups is 2. The van der Waals surface area contributed by atoms with Gasteiger partial charge in [0.15, 0.2) is 0 Å². The van der Waals surface area contributed by atoms with Crippen molar-refractivity contribution in [1.82, 2.24) is 10.2 Å². The lowest BCUT2D eigenvalue weighted by atomic mass is 9.51. The van der Waals surface area contributed by atoms with Crippen molar-refractivity contribution in [1.29, 1.82) is 0 Å². The summed E-state index contributed by atoms with van der Waals surface area (Å²) in [6.07, 6.45) is 6.41. The molecule has 0 saturated heterocycles. The second-order valence-electron chi connectivity index (χ2n) is 10.4. The molecule has 3 rings (SSSR count). The minimum absolute atomic E-state index is 0.0711. The van der Waals surface area contributed by atoms with Crippen molar-refractivity contribution in [2.45, 2.75) is 71.0 Å². The first-order chi connectivity index (χ1) is 12.7. The van der Waals surface area contributed by atoms with E-state index in [1.54, 1.807) is 0 Å². The molecule has 27 heavy (non-hydrogen) atoms. The maximum absolute atomic E-state index is 11.0. The van der Waals surface area contributed by atoms with Crippen molar-refractivity contribution in [3.05, 3.63) is 12.2 Å². The van der Waals surface area contributed by atoms with Crippen LogP contribution in [0.4, 0.5) is 0 Å². The molecular formula is C23H42N2O2. The van der Waals surface area contributed by atoms with Gasteiger partial charge in [0.1, 0.15) is 0 Å². The first-order valence-electron chi connectivity index (χ1n) is 11.1. The molecule has 0 radical (unpaired) electrons. The minimum atomic E-state index is -0.385. The van der Waals surface area contributed by atoms with Gasteiger partial charge in [-0.2, -0.15) is 0 Å². The van der Waals surface area contributed by atoms with Crippen LogP contribution < -0.4 is 5.32 Å². The van der Waals surface area contributed by atoms with E-state index in [9.17, 15) is 10.2 Å². The Morgan fingerprint density at radius 1 is 1.11 bits per heavy atom. The number of aliphatic hydroxyl groups excluding tert-OH is 2. The standard InChI is InChI=1S/C23H42N2O2/c1-16-6-7-19-18(15-24-12-13-25(4)5)20(9-11-22(16,19)2)23(3)10-8-17(26)14-21(23)27/h17-21,24,26-27H,1,6-15H2,2-5H3/t17-,18+,19?,20?,21-,22-,23+/m0/s1. The van der Waals surface area contributed by atoms with Crippen LogP contribution in [0.1, 0.15) is 58.8 Å². The predicted molar refractivity (Wildman–Crippen MR) is 112 cm³/mol. The molecule has 0 amide bonds. The maximum Gasteiger partial charge on any atom is 0.0621 e. The van der Waals surface area contributed by atoms with Gasteiger partial charge >= 0.3 is 0 Å². The van der Waals surface area contributed by atoms with Gasteiger partial charge < -0.3 is 20.4 Å². The summed E-state index contributed by atoms with van der Waals surface area (Å²) < 4.78 is 0. The average molecular weight is 379 g/mol. The summed E-state index contributed by atoms with van der Waals surface area (Å²) in [7, 11) is 4.24. The van der Waals surface area contributed by atoms with Crippen molar-refractivity contribution < 1.29 is 10.2 Å². The van der Waals surface area contributed by atoms with Crippen molar-refractivity contribution in [3.63, 3.8) is 0 Å². The zero-order valence-electron chi connectivity index (χ0n) is 18.0. The van der Waals surface area contributed by atoms with Gasteiger partial charge in [0.05, 0.1) is 12.2 Å². The molecule has 0 aliphatic heterocycles. The topological polar surface area (TPSA) is 55.7 Å². The minimum Gasteiger partial charge on any atom is -0.393 e. The number of allylic oxidation sites excluding steroid dienone is 1. The van der Waals surface area contributed by atoms with Gasteiger partial charge in [0.25, 0.3) is 0 Å². The molecule has 0 aromatic heterocycles. The number of fused-ring (bicyclic) bond motifs is 1. The molecule has 2 unspecified atom stereocenters. The number of rotatable bonds is 6. The zero-order valence-corrected chi connectivity index (χ0v) is 18.0. The highest BCUT2D eigenvalue weighted by molar-refractivity contribution is 5.21. The Bertz CT molecular complexity index is 536. The maximum atomic E-state index is 11.0. The van der Waals surface area contributed by atoms with E-state index in [2.05, 4.69) is 44.7 Å². The highest BCUT2D eigenvalue weighted by Crippen LogP contribution is 2.62. The summed E-state index contributed by atoms with van der Waals surface area (Å²) in [5.74, 6) is 1.78. The van der Waals surface area contributed by atoms with E-state index in [1.165, 1.54) is 31.3 Å². The monoisotopic (exact) mass is 378 g/mol. The van der Waals surface area contributed by atoms with E-state index < -0.39 is 0 Å². The van der Waals surface area contributed by atoms with Gasteiger partial charge in [-0.3, -0.25) is 0 Å². The van der Waals surface area contributed by atoms with Crippen LogP contribution in [0.2, 0.25) is 0 Å². The summed E-state index contributed by atoms with van der Waals surface area (Å²) in [5.41, 5.74) is 1.66. The van der Waals surface area contributed by atoms with Gasteiger partial charge in [-0.1, -0.05) is 26.0 Å². The number of likely N-dealkylation sites (N-methyl/N-ethyl adjacent to an activating group) is 1. The number of nitrogens with one attached hydrogen (secondary N) is 1. The smallest absolute Gasteiger partial charge is 0.0621 e. The summed E-state index contributed by atoms with van der Waals surface area (Å²) >= 11 is 0. The third kappa shape index (κ3) is 4.01. The highest BCUT2D eigenvalue weighted by atomic mass is 16.3. The van der Waals surface area contributed by atoms with Crippen molar-refractivity contribution in [3.8, 4) is 0 Å². The second-order valence-corrected chi connectivity index (χ2v) is 10.4. The van der Waals surface area contributed by atoms with Gasteiger partial charge in [-0.05, 0) is 94.2 Å². The van der Waals surface area contributed by atoms with Crippen molar-refractivity contribution in [2.75, 3.05) is 33.7 Å². The molecule has 3 aliphatic carbocycles. The molecule has 4 nitrogen and oxygen atoms in total. The van der Waals surface area contributed by atoms with Crippen molar-refractivity contribution in [2.24, 2.45) is 28.6 Å². The van der Waals surface area contributed by atoms with E-state index in [-0.39, 0.29) is 23.0 Å². The van der Waals surface area contributed by atoms with Crippen LogP contribution in [0, 0.1) is 28.6 Å². The fourth-order valence-corrected chi connectivity index (χ4v) is 6.59. The molecule has 0 bridgehead atoms. The average Bonchev–Trinajstić information content (AvgIpc) is 2.90. The van der Waals surface area contributed by atoms with Gasteiger partial charge in [-0.15, -0.1) is 0 Å². The van der Waals surface area contributed by atoms with E-state index in [0.717, 1.165) is 32.5 Å². The van der Waals surface area contributed by atoms with Crippen LogP contribution in [0.3, 0.4) is 0 Å². The van der Waals surface area contributed by atoms with Gasteiger partial charge in [0, 0.05) is 13.1 Å². The SMILES string of the molecule is C=C1CCC2[C@@H](CNCCN(C)C)C([C@@]3(C)CC[C@H](O)C[C@@H]3O)CC[C@@]12C. The third-order valence-corrected chi connectivity index (χ3v) is 8.63. The molecular weight excluding hydrogens is 336 g/mol. The lowest BCUT2D eigenvalue weighted by Crippen LogP contribution is -2.54. The number of hydrogen-bond donors (Lipinski definition) is 3. The van der Waals surface area contributed by atoms with E-state index in [1.807, 2.05) is 0 Å². The molecule has 0 heterocycles. The Morgan fingerprint density at radius 3 is 2.52 bits per heavy atom. The molecule has 0 aromatic carbocycles. The first kappa shape index (κ1) is 21.3. The quantitative estimate of drug-likeness (QED) is 0.491. The van der Waals surface area contributed by atoms with Crippen LogP contribution in [-0.4, -0.2) is 61.1 Å². The molecule has 3 N–H and O–H groups in total. The molecule has 7 atom stereocenters. The fraction of sp³-hybridized carbons (Fsp3) is 0.913. The third-order valence-electron chi connectivity index (χ3n) is 8.63. The predicted octanol–water partition coefficient (Wildman–Crippen LogP) is 3.05. The lowest BCUT2D eigenvalue weighted by Gasteiger charge is -2.55. The van der Waals surface area contributed by atoms with Crippen molar-refractivity contribution >= 4 is 0 Å². The number of nitrogens with zero attached hydrogens (tertiary/aromatic N) is 1. The summed E-state index contributed by atoms with van der Waals surface area (Å²) in [6, 6.07) is 0. The van der Waals surface area contributed by atoms with E-state index in [0.29, 0.717) is 24.2 Å². The Labute approximate surface area is 166 Å². The normalized spacial score (nSPS) is 45.3. The van der Waals surface area contributed by atoms with Crippen LogP contribution in [-0.2, 0) is 0 Å². The van der Waals surface area contributed by atoms with Crippen LogP contribution >= 0.6 is 0 Å². The highest BCUT2D eigenvalue weighted by Gasteiger charge is 2.56. The van der Waals surface area contributed by atoms with E-state index in [4.69, 9.17) is 0 Å². The molecule has 3 fully saturated rings. The molecule has 0 spiro atoms. The van der Waals surface area contributed by atoms with Gasteiger partial charge in [0.2, 0.25) is 0 Å². The second kappa shape index (κ2) is 8.14. The number of hydrogen-bond acceptors (Lipinski definition) is 4. The molecule has 3 saturated carbocycles. The lowest BCUT2D eigenvalue weighted by molar-refractivity contribution is -0.118. The molecule has 4 heteroatoms. The summed E-state index contributed by atoms with van der Waals surface area (Å²) in [4.78, 5) is 2.22. The fourth-order valence-electron chi connectivity index (χ4n) is 6.59. The van der Waals surface area contributed by atoms with Crippen LogP contribution in [0.25, 0.3) is 0 Å². The summed E-state index contributed by atoms with van der Waals surface area (Å²) in [5, 5.41) is 24.7. The largest absolute Gasteiger partial charge is 0.393 e. The Morgan fingerprint density at radius 2 is 1.85 bits per heavy atom. The zero-order chi connectivity index (χ0) is 19.8. The molecule has 3 aliphatic rings. The van der Waals surface area contributed by atoms with E-state index >= 15 is 0 Å². The Hall–Kier alpha value is -0.420. The molecule has 156 valence electrons.